The molecule has 0 atom stereocenters. The second-order valence-electron chi connectivity index (χ2n) is 7.46. The Bertz CT molecular complexity index is 1240. The van der Waals surface area contributed by atoms with Crippen LogP contribution < -0.4 is 20.9 Å². The van der Waals surface area contributed by atoms with Crippen LogP contribution in [0, 0.1) is 5.82 Å². The molecule has 3 aromatic rings. The van der Waals surface area contributed by atoms with E-state index in [1.807, 2.05) is 6.07 Å². The summed E-state index contributed by atoms with van der Waals surface area (Å²) in [6.45, 7) is 0.152. The number of rotatable bonds is 7. The van der Waals surface area contributed by atoms with Gasteiger partial charge in [0.05, 0.1) is 19.2 Å². The molecule has 0 unspecified atom stereocenters. The standard InChI is InChI=1S/C23H21FN4O4/c1-32-17-4-2-3-14(11-17)13-28-21(29)10-9-20(27-28)23(31)26-16-7-8-19(24)18(12-16)22(30)25-15-5-6-15/h2-4,7-12,15H,5-6,13H2,1H3,(H,25,30)(H,26,31). The van der Waals surface area contributed by atoms with E-state index in [2.05, 4.69) is 15.7 Å². The number of halogens is 1. The fourth-order valence-electron chi connectivity index (χ4n) is 3.09. The first-order chi connectivity index (χ1) is 15.4. The number of hydrogen-bond donors (Lipinski definition) is 2. The van der Waals surface area contributed by atoms with E-state index in [1.54, 1.807) is 25.3 Å². The summed E-state index contributed by atoms with van der Waals surface area (Å²) in [5.41, 5.74) is 0.502. The minimum absolute atomic E-state index is 0.000744. The molecule has 2 N–H and O–H groups in total. The van der Waals surface area contributed by atoms with Gasteiger partial charge in [-0.1, -0.05) is 12.1 Å². The Kier molecular flexibility index (Phi) is 5.98. The molecular formula is C23H21FN4O4. The molecule has 1 aliphatic carbocycles. The van der Waals surface area contributed by atoms with Gasteiger partial charge in [-0.15, -0.1) is 0 Å². The van der Waals surface area contributed by atoms with Crippen LogP contribution in [0.1, 0.15) is 39.3 Å². The normalized spacial score (nSPS) is 12.8. The first kappa shape index (κ1) is 21.2. The Balaban J connectivity index is 1.51. The molecule has 32 heavy (non-hydrogen) atoms. The minimum atomic E-state index is -0.675. The van der Waals surface area contributed by atoms with Gasteiger partial charge in [0.2, 0.25) is 0 Å². The highest BCUT2D eigenvalue weighted by molar-refractivity contribution is 6.03. The number of aromatic nitrogens is 2. The zero-order valence-electron chi connectivity index (χ0n) is 17.3. The van der Waals surface area contributed by atoms with Crippen molar-refractivity contribution in [2.75, 3.05) is 12.4 Å². The zero-order chi connectivity index (χ0) is 22.7. The van der Waals surface area contributed by atoms with Crippen molar-refractivity contribution in [3.8, 4) is 5.75 Å². The second kappa shape index (κ2) is 9.01. The number of anilines is 1. The molecule has 1 heterocycles. The molecule has 1 saturated carbocycles. The number of hydrogen-bond acceptors (Lipinski definition) is 5. The molecule has 0 aliphatic heterocycles. The summed E-state index contributed by atoms with van der Waals surface area (Å²) < 4.78 is 20.4. The van der Waals surface area contributed by atoms with Crippen molar-refractivity contribution in [1.29, 1.82) is 0 Å². The molecule has 0 bridgehead atoms. The summed E-state index contributed by atoms with van der Waals surface area (Å²) in [6.07, 6.45) is 1.75. The van der Waals surface area contributed by atoms with Crippen molar-refractivity contribution < 1.29 is 18.7 Å². The molecule has 9 heteroatoms. The van der Waals surface area contributed by atoms with Crippen molar-refractivity contribution in [3.63, 3.8) is 0 Å². The number of ether oxygens (including phenoxy) is 1. The van der Waals surface area contributed by atoms with Gasteiger partial charge in [-0.05, 0) is 54.8 Å². The number of methoxy groups -OCH3 is 1. The first-order valence-electron chi connectivity index (χ1n) is 10.1. The SMILES string of the molecule is COc1cccc(Cn2nc(C(=O)Nc3ccc(F)c(C(=O)NC4CC4)c3)ccc2=O)c1. The van der Waals surface area contributed by atoms with Gasteiger partial charge in [-0.2, -0.15) is 5.10 Å². The van der Waals surface area contributed by atoms with Crippen LogP contribution in [0.25, 0.3) is 0 Å². The minimum Gasteiger partial charge on any atom is -0.497 e. The van der Waals surface area contributed by atoms with E-state index in [1.165, 1.54) is 28.9 Å². The van der Waals surface area contributed by atoms with Crippen LogP contribution in [0.4, 0.5) is 10.1 Å². The maximum atomic E-state index is 14.1. The van der Waals surface area contributed by atoms with E-state index in [4.69, 9.17) is 4.74 Å². The Morgan fingerprint density at radius 3 is 2.69 bits per heavy atom. The topological polar surface area (TPSA) is 102 Å². The molecule has 0 spiro atoms. The molecule has 8 nitrogen and oxygen atoms in total. The lowest BCUT2D eigenvalue weighted by Gasteiger charge is -2.10. The molecule has 164 valence electrons. The van der Waals surface area contributed by atoms with E-state index in [9.17, 15) is 18.8 Å². The molecule has 0 saturated heterocycles. The number of nitrogens with zero attached hydrogens (tertiary/aromatic N) is 2. The Morgan fingerprint density at radius 2 is 1.94 bits per heavy atom. The van der Waals surface area contributed by atoms with Gasteiger partial charge < -0.3 is 15.4 Å². The molecule has 1 aliphatic rings. The third-order valence-electron chi connectivity index (χ3n) is 4.95. The molecule has 4 rings (SSSR count). The number of amides is 2. The van der Waals surface area contributed by atoms with Gasteiger partial charge in [-0.25, -0.2) is 9.07 Å². The number of carbonyl (C=O) groups is 2. The van der Waals surface area contributed by atoms with E-state index in [-0.39, 0.29) is 35.1 Å². The molecule has 0 radical (unpaired) electrons. The van der Waals surface area contributed by atoms with Gasteiger partial charge in [0.15, 0.2) is 0 Å². The average Bonchev–Trinajstić information content (AvgIpc) is 3.60. The predicted molar refractivity (Wildman–Crippen MR) is 115 cm³/mol. The van der Waals surface area contributed by atoms with Gasteiger partial charge in [0, 0.05) is 17.8 Å². The van der Waals surface area contributed by atoms with Crippen LogP contribution >= 0.6 is 0 Å². The van der Waals surface area contributed by atoms with Crippen LogP contribution in [0.15, 0.2) is 59.4 Å². The lowest BCUT2D eigenvalue weighted by molar-refractivity contribution is 0.0945. The third-order valence-corrected chi connectivity index (χ3v) is 4.95. The van der Waals surface area contributed by atoms with Crippen molar-refractivity contribution in [1.82, 2.24) is 15.1 Å². The second-order valence-corrected chi connectivity index (χ2v) is 7.46. The summed E-state index contributed by atoms with van der Waals surface area (Å²) in [6, 6.07) is 13.6. The Morgan fingerprint density at radius 1 is 1.12 bits per heavy atom. The van der Waals surface area contributed by atoms with E-state index < -0.39 is 17.6 Å². The van der Waals surface area contributed by atoms with Crippen LogP contribution in [-0.2, 0) is 6.54 Å². The van der Waals surface area contributed by atoms with E-state index in [0.717, 1.165) is 24.5 Å². The molecule has 1 aromatic heterocycles. The van der Waals surface area contributed by atoms with Crippen molar-refractivity contribution >= 4 is 17.5 Å². The smallest absolute Gasteiger partial charge is 0.276 e. The summed E-state index contributed by atoms with van der Waals surface area (Å²) in [4.78, 5) is 37.1. The van der Waals surface area contributed by atoms with Gasteiger partial charge in [0.25, 0.3) is 17.4 Å². The van der Waals surface area contributed by atoms with Crippen LogP contribution in [0.2, 0.25) is 0 Å². The molecule has 2 amide bonds. The lowest BCUT2D eigenvalue weighted by atomic mass is 10.1. The van der Waals surface area contributed by atoms with Crippen molar-refractivity contribution in [3.05, 3.63) is 87.6 Å². The van der Waals surface area contributed by atoms with Gasteiger partial charge >= 0.3 is 0 Å². The third kappa shape index (κ3) is 5.00. The maximum absolute atomic E-state index is 14.1. The Hall–Kier alpha value is -4.01. The first-order valence-corrected chi connectivity index (χ1v) is 10.1. The summed E-state index contributed by atoms with van der Waals surface area (Å²) in [5, 5.41) is 9.45. The number of carbonyl (C=O) groups excluding carboxylic acids is 2. The zero-order valence-corrected chi connectivity index (χ0v) is 17.3. The summed E-state index contributed by atoms with van der Waals surface area (Å²) >= 11 is 0. The average molecular weight is 436 g/mol. The van der Waals surface area contributed by atoms with Crippen molar-refractivity contribution in [2.24, 2.45) is 0 Å². The molecular weight excluding hydrogens is 415 g/mol. The highest BCUT2D eigenvalue weighted by Crippen LogP contribution is 2.21. The Labute approximate surface area is 183 Å². The fourth-order valence-corrected chi connectivity index (χ4v) is 3.09. The van der Waals surface area contributed by atoms with Gasteiger partial charge in [-0.3, -0.25) is 14.4 Å². The van der Waals surface area contributed by atoms with Crippen LogP contribution in [0.5, 0.6) is 5.75 Å². The fraction of sp³-hybridized carbons (Fsp3) is 0.217. The molecule has 2 aromatic carbocycles. The predicted octanol–water partition coefficient (Wildman–Crippen LogP) is 2.58. The largest absolute Gasteiger partial charge is 0.497 e. The van der Waals surface area contributed by atoms with Crippen LogP contribution in [0.3, 0.4) is 0 Å². The summed E-state index contributed by atoms with van der Waals surface area (Å²) in [5.74, 6) is -1.15. The van der Waals surface area contributed by atoms with E-state index >= 15 is 0 Å². The molecule has 1 fully saturated rings. The maximum Gasteiger partial charge on any atom is 0.276 e. The highest BCUT2D eigenvalue weighted by Gasteiger charge is 2.25. The monoisotopic (exact) mass is 436 g/mol. The quantitative estimate of drug-likeness (QED) is 0.593. The number of benzene rings is 2. The number of nitrogens with one attached hydrogen (secondary N) is 2. The highest BCUT2D eigenvalue weighted by atomic mass is 19.1. The van der Waals surface area contributed by atoms with Gasteiger partial charge in [0.1, 0.15) is 17.3 Å². The van der Waals surface area contributed by atoms with Crippen molar-refractivity contribution in [2.45, 2.75) is 25.4 Å². The van der Waals surface area contributed by atoms with E-state index in [0.29, 0.717) is 5.75 Å². The lowest BCUT2D eigenvalue weighted by Crippen LogP contribution is -2.27. The van der Waals surface area contributed by atoms with Crippen LogP contribution in [-0.4, -0.2) is 34.7 Å². The summed E-state index contributed by atoms with van der Waals surface area (Å²) in [7, 11) is 1.55.